The predicted molar refractivity (Wildman–Crippen MR) is 92.5 cm³/mol. The van der Waals surface area contributed by atoms with Crippen LogP contribution in [0.5, 0.6) is 0 Å². The molecule has 0 unspecified atom stereocenters. The van der Waals surface area contributed by atoms with Crippen LogP contribution in [0.2, 0.25) is 0 Å². The lowest BCUT2D eigenvalue weighted by Gasteiger charge is -2.36. The molecule has 0 aromatic carbocycles. The maximum Gasteiger partial charge on any atom is 0.229 e. The fourth-order valence-corrected chi connectivity index (χ4v) is 3.45. The molecule has 3 aromatic rings. The summed E-state index contributed by atoms with van der Waals surface area (Å²) in [6.07, 6.45) is 4.59. The van der Waals surface area contributed by atoms with E-state index in [0.29, 0.717) is 0 Å². The summed E-state index contributed by atoms with van der Waals surface area (Å²) in [6.45, 7) is 4.56. The number of rotatable bonds is 2. The topological polar surface area (TPSA) is 85.9 Å². The van der Waals surface area contributed by atoms with Crippen LogP contribution in [0.25, 0.3) is 11.0 Å². The summed E-state index contributed by atoms with van der Waals surface area (Å²) in [7, 11) is 0. The molecule has 122 valence electrons. The normalized spacial score (nSPS) is 17.2. The fraction of sp³-hybridized carbons (Fsp3) is 0.375. The second-order valence-corrected chi connectivity index (χ2v) is 6.12. The number of hydrogen-bond donors (Lipinski definition) is 2. The third-order valence-electron chi connectivity index (χ3n) is 4.73. The van der Waals surface area contributed by atoms with Gasteiger partial charge in [0.2, 0.25) is 5.95 Å². The molecule has 0 radical (unpaired) electrons. The van der Waals surface area contributed by atoms with Crippen molar-refractivity contribution in [3.63, 3.8) is 0 Å². The lowest BCUT2D eigenvalue weighted by atomic mass is 10.1. The Morgan fingerprint density at radius 1 is 0.958 bits per heavy atom. The highest BCUT2D eigenvalue weighted by molar-refractivity contribution is 5.91. The minimum Gasteiger partial charge on any atom is -0.369 e. The van der Waals surface area contributed by atoms with Crippen LogP contribution in [0.15, 0.2) is 24.5 Å². The molecule has 2 aliphatic heterocycles. The van der Waals surface area contributed by atoms with Crippen LogP contribution in [0, 0.1) is 0 Å². The van der Waals surface area contributed by atoms with Gasteiger partial charge < -0.3 is 15.1 Å². The van der Waals surface area contributed by atoms with E-state index in [4.69, 9.17) is 4.98 Å². The summed E-state index contributed by atoms with van der Waals surface area (Å²) in [5, 5.41) is 11.8. The van der Waals surface area contributed by atoms with Crippen LogP contribution in [0.1, 0.15) is 5.69 Å². The maximum atomic E-state index is 4.74. The Morgan fingerprint density at radius 2 is 1.75 bits per heavy atom. The largest absolute Gasteiger partial charge is 0.369 e. The average Bonchev–Trinajstić information content (AvgIpc) is 3.07. The molecule has 2 N–H and O–H groups in total. The Bertz CT molecular complexity index is 866. The molecule has 0 aliphatic carbocycles. The van der Waals surface area contributed by atoms with Gasteiger partial charge in [-0.05, 0) is 12.1 Å². The maximum absolute atomic E-state index is 4.74. The van der Waals surface area contributed by atoms with Crippen molar-refractivity contribution in [3.05, 3.63) is 30.2 Å². The van der Waals surface area contributed by atoms with Gasteiger partial charge in [0.25, 0.3) is 0 Å². The molecule has 5 rings (SSSR count). The van der Waals surface area contributed by atoms with E-state index in [1.165, 1.54) is 5.69 Å². The molecule has 3 aromatic heterocycles. The number of anilines is 3. The van der Waals surface area contributed by atoms with E-state index in [9.17, 15) is 0 Å². The number of hydrogen-bond acceptors (Lipinski definition) is 7. The second kappa shape index (κ2) is 5.33. The second-order valence-electron chi connectivity index (χ2n) is 6.12. The molecule has 0 bridgehead atoms. The van der Waals surface area contributed by atoms with Crippen LogP contribution in [0.4, 0.5) is 17.5 Å². The van der Waals surface area contributed by atoms with Gasteiger partial charge >= 0.3 is 0 Å². The molecule has 24 heavy (non-hydrogen) atoms. The lowest BCUT2D eigenvalue weighted by Crippen LogP contribution is -2.47. The Balaban J connectivity index is 1.39. The molecule has 1 saturated heterocycles. The van der Waals surface area contributed by atoms with Gasteiger partial charge in [-0.2, -0.15) is 15.1 Å². The fourth-order valence-electron chi connectivity index (χ4n) is 3.45. The van der Waals surface area contributed by atoms with Crippen molar-refractivity contribution < 1.29 is 0 Å². The average molecular weight is 322 g/mol. The van der Waals surface area contributed by atoms with E-state index in [0.717, 1.165) is 67.6 Å². The first-order chi connectivity index (χ1) is 11.9. The van der Waals surface area contributed by atoms with Crippen molar-refractivity contribution in [1.82, 2.24) is 25.1 Å². The van der Waals surface area contributed by atoms with Gasteiger partial charge in [0.15, 0.2) is 5.65 Å². The first-order valence-corrected chi connectivity index (χ1v) is 8.27. The van der Waals surface area contributed by atoms with Crippen molar-refractivity contribution in [3.8, 4) is 0 Å². The standard InChI is InChI=1S/C16H18N8/c1-4-17-5-2-11(1)23-7-9-24(10-8-23)16-19-14-13-12(3-6-18-14)21-22-15(13)20-16/h1-2,4-5H,3,6-10H2,(H2,18,19,20,21,22). The molecular weight excluding hydrogens is 304 g/mol. The molecular formula is C16H18N8. The highest BCUT2D eigenvalue weighted by Gasteiger charge is 2.23. The predicted octanol–water partition coefficient (Wildman–Crippen LogP) is 1.04. The third-order valence-corrected chi connectivity index (χ3v) is 4.73. The highest BCUT2D eigenvalue weighted by atomic mass is 15.3. The van der Waals surface area contributed by atoms with Gasteiger partial charge in [-0.3, -0.25) is 10.1 Å². The van der Waals surface area contributed by atoms with E-state index >= 15 is 0 Å². The van der Waals surface area contributed by atoms with Crippen LogP contribution < -0.4 is 15.1 Å². The van der Waals surface area contributed by atoms with Crippen LogP contribution >= 0.6 is 0 Å². The smallest absolute Gasteiger partial charge is 0.229 e. The van der Waals surface area contributed by atoms with Gasteiger partial charge in [-0.25, -0.2) is 0 Å². The molecule has 0 atom stereocenters. The summed E-state index contributed by atoms with van der Waals surface area (Å²) in [4.78, 5) is 18.1. The van der Waals surface area contributed by atoms with Crippen molar-refractivity contribution in [1.29, 1.82) is 0 Å². The van der Waals surface area contributed by atoms with Gasteiger partial charge in [0, 0.05) is 57.2 Å². The Labute approximate surface area is 138 Å². The van der Waals surface area contributed by atoms with Crippen molar-refractivity contribution in [2.75, 3.05) is 47.8 Å². The van der Waals surface area contributed by atoms with Gasteiger partial charge in [0.1, 0.15) is 5.82 Å². The van der Waals surface area contributed by atoms with Crippen LogP contribution in [-0.2, 0) is 6.42 Å². The van der Waals surface area contributed by atoms with Crippen molar-refractivity contribution in [2.24, 2.45) is 0 Å². The number of piperazine rings is 1. The molecule has 5 heterocycles. The zero-order valence-electron chi connectivity index (χ0n) is 13.2. The number of nitrogens with zero attached hydrogens (tertiary/aromatic N) is 6. The first kappa shape index (κ1) is 13.5. The van der Waals surface area contributed by atoms with Crippen LogP contribution in [0.3, 0.4) is 0 Å². The number of nitrogens with one attached hydrogen (secondary N) is 2. The Morgan fingerprint density at radius 3 is 2.58 bits per heavy atom. The molecule has 0 amide bonds. The minimum atomic E-state index is 0.775. The van der Waals surface area contributed by atoms with E-state index in [2.05, 4.69) is 47.4 Å². The summed E-state index contributed by atoms with van der Waals surface area (Å²) in [6, 6.07) is 4.11. The van der Waals surface area contributed by atoms with Gasteiger partial charge in [0.05, 0.1) is 11.1 Å². The summed E-state index contributed by atoms with van der Waals surface area (Å²) in [5.41, 5.74) is 3.11. The SMILES string of the molecule is c1cc(N2CCN(c3nc4c5c(n[nH]c5n3)CCN4)CC2)ccn1. The van der Waals surface area contributed by atoms with E-state index in [1.54, 1.807) is 0 Å². The van der Waals surface area contributed by atoms with Crippen LogP contribution in [-0.4, -0.2) is 57.9 Å². The van der Waals surface area contributed by atoms with Crippen molar-refractivity contribution in [2.45, 2.75) is 6.42 Å². The molecule has 8 heteroatoms. The summed E-state index contributed by atoms with van der Waals surface area (Å²) in [5.74, 6) is 1.68. The molecule has 8 nitrogen and oxygen atoms in total. The van der Waals surface area contributed by atoms with E-state index in [1.807, 2.05) is 12.4 Å². The highest BCUT2D eigenvalue weighted by Crippen LogP contribution is 2.28. The van der Waals surface area contributed by atoms with Gasteiger partial charge in [-0.1, -0.05) is 0 Å². The Hall–Kier alpha value is -2.90. The number of aromatic nitrogens is 5. The quantitative estimate of drug-likeness (QED) is 0.729. The monoisotopic (exact) mass is 322 g/mol. The third kappa shape index (κ3) is 2.14. The van der Waals surface area contributed by atoms with E-state index < -0.39 is 0 Å². The number of aromatic amines is 1. The summed E-state index contributed by atoms with van der Waals surface area (Å²) >= 11 is 0. The molecule has 0 spiro atoms. The molecule has 2 aliphatic rings. The molecule has 1 fully saturated rings. The Kier molecular flexibility index (Phi) is 3.00. The zero-order valence-corrected chi connectivity index (χ0v) is 13.2. The van der Waals surface area contributed by atoms with E-state index in [-0.39, 0.29) is 0 Å². The number of H-pyrrole nitrogens is 1. The molecule has 0 saturated carbocycles. The van der Waals surface area contributed by atoms with Gasteiger partial charge in [-0.15, -0.1) is 0 Å². The zero-order chi connectivity index (χ0) is 15.9. The minimum absolute atomic E-state index is 0.775. The number of pyridine rings is 1. The van der Waals surface area contributed by atoms with Crippen molar-refractivity contribution >= 4 is 28.5 Å². The summed E-state index contributed by atoms with van der Waals surface area (Å²) < 4.78 is 0. The first-order valence-electron chi connectivity index (χ1n) is 8.27. The lowest BCUT2D eigenvalue weighted by molar-refractivity contribution is 0.641.